The van der Waals surface area contributed by atoms with Gasteiger partial charge in [-0.1, -0.05) is 48.5 Å². The Morgan fingerprint density at radius 2 is 1.52 bits per heavy atom. The van der Waals surface area contributed by atoms with Gasteiger partial charge in [0.25, 0.3) is 0 Å². The molecule has 0 amide bonds. The van der Waals surface area contributed by atoms with E-state index < -0.39 is 0 Å². The van der Waals surface area contributed by atoms with Gasteiger partial charge in [0.15, 0.2) is 0 Å². The van der Waals surface area contributed by atoms with Gasteiger partial charge in [-0.25, -0.2) is 4.68 Å². The fraction of sp³-hybridized carbons (Fsp3) is 0.167. The summed E-state index contributed by atoms with van der Waals surface area (Å²) in [7, 11) is 0. The first-order valence-corrected chi connectivity index (χ1v) is 7.15. The van der Waals surface area contributed by atoms with E-state index in [2.05, 4.69) is 53.7 Å². The van der Waals surface area contributed by atoms with E-state index in [0.717, 1.165) is 23.7 Å². The Kier molecular flexibility index (Phi) is 3.73. The molecule has 0 saturated heterocycles. The van der Waals surface area contributed by atoms with E-state index in [0.29, 0.717) is 0 Å². The number of rotatable bonds is 4. The molecule has 0 bridgehead atoms. The summed E-state index contributed by atoms with van der Waals surface area (Å²) < 4.78 is 1.98. The number of para-hydroxylation sites is 1. The van der Waals surface area contributed by atoms with Gasteiger partial charge in [0.2, 0.25) is 0 Å². The molecule has 1 N–H and O–H groups in total. The number of anilines is 1. The van der Waals surface area contributed by atoms with Gasteiger partial charge in [-0.05, 0) is 31.5 Å². The van der Waals surface area contributed by atoms with Gasteiger partial charge < -0.3 is 5.32 Å². The highest BCUT2D eigenvalue weighted by molar-refractivity contribution is 5.52. The maximum atomic E-state index is 4.65. The van der Waals surface area contributed by atoms with E-state index in [1.165, 1.54) is 11.1 Å². The van der Waals surface area contributed by atoms with Gasteiger partial charge in [-0.15, -0.1) is 0 Å². The lowest BCUT2D eigenvalue weighted by molar-refractivity contribution is 0.859. The zero-order valence-electron chi connectivity index (χ0n) is 12.4. The molecule has 0 radical (unpaired) electrons. The summed E-state index contributed by atoms with van der Waals surface area (Å²) in [6.45, 7) is 4.94. The fourth-order valence-electron chi connectivity index (χ4n) is 2.35. The Hall–Kier alpha value is -2.55. The standard InChI is InChI=1S/C18H19N3/c1-14-15(2)20-21(17-11-7-4-8-12-17)18(14)19-13-16-9-5-3-6-10-16/h3-12,19H,13H2,1-2H3. The highest BCUT2D eigenvalue weighted by Crippen LogP contribution is 2.23. The summed E-state index contributed by atoms with van der Waals surface area (Å²) in [5.74, 6) is 1.06. The maximum Gasteiger partial charge on any atom is 0.133 e. The van der Waals surface area contributed by atoms with Crippen LogP contribution < -0.4 is 5.32 Å². The van der Waals surface area contributed by atoms with Crippen molar-refractivity contribution in [2.75, 3.05) is 5.32 Å². The third-order valence-electron chi connectivity index (χ3n) is 3.66. The molecule has 3 rings (SSSR count). The second kappa shape index (κ2) is 5.83. The molecule has 106 valence electrons. The van der Waals surface area contributed by atoms with Crippen LogP contribution in [0.4, 0.5) is 5.82 Å². The molecule has 3 heteroatoms. The predicted octanol–water partition coefficient (Wildman–Crippen LogP) is 4.10. The van der Waals surface area contributed by atoms with Crippen molar-refractivity contribution in [2.45, 2.75) is 20.4 Å². The summed E-state index contributed by atoms with van der Waals surface area (Å²) in [4.78, 5) is 0. The average Bonchev–Trinajstić information content (AvgIpc) is 2.82. The largest absolute Gasteiger partial charge is 0.366 e. The van der Waals surface area contributed by atoms with Crippen LogP contribution in [0.1, 0.15) is 16.8 Å². The monoisotopic (exact) mass is 277 g/mol. The Labute approximate surface area is 125 Å². The van der Waals surface area contributed by atoms with Crippen LogP contribution in [-0.2, 0) is 6.54 Å². The van der Waals surface area contributed by atoms with E-state index >= 15 is 0 Å². The predicted molar refractivity (Wildman–Crippen MR) is 86.8 cm³/mol. The smallest absolute Gasteiger partial charge is 0.133 e. The molecule has 0 aliphatic rings. The molecule has 2 aromatic carbocycles. The van der Waals surface area contributed by atoms with E-state index in [4.69, 9.17) is 0 Å². The Morgan fingerprint density at radius 1 is 0.905 bits per heavy atom. The molecule has 1 heterocycles. The summed E-state index contributed by atoms with van der Waals surface area (Å²) in [5.41, 5.74) is 4.57. The molecular weight excluding hydrogens is 258 g/mol. The summed E-state index contributed by atoms with van der Waals surface area (Å²) >= 11 is 0. The second-order valence-electron chi connectivity index (χ2n) is 5.15. The van der Waals surface area contributed by atoms with Crippen LogP contribution >= 0.6 is 0 Å². The summed E-state index contributed by atoms with van der Waals surface area (Å²) in [6.07, 6.45) is 0. The number of hydrogen-bond acceptors (Lipinski definition) is 2. The number of hydrogen-bond donors (Lipinski definition) is 1. The topological polar surface area (TPSA) is 29.9 Å². The van der Waals surface area contributed by atoms with E-state index in [1.54, 1.807) is 0 Å². The maximum absolute atomic E-state index is 4.65. The van der Waals surface area contributed by atoms with Crippen LogP contribution in [0.15, 0.2) is 60.7 Å². The number of aromatic nitrogens is 2. The van der Waals surface area contributed by atoms with Crippen molar-refractivity contribution in [3.63, 3.8) is 0 Å². The fourth-order valence-corrected chi connectivity index (χ4v) is 2.35. The van der Waals surface area contributed by atoms with Crippen molar-refractivity contribution in [1.82, 2.24) is 9.78 Å². The van der Waals surface area contributed by atoms with Gasteiger partial charge >= 0.3 is 0 Å². The minimum absolute atomic E-state index is 0.791. The van der Waals surface area contributed by atoms with Gasteiger partial charge in [0, 0.05) is 12.1 Å². The molecule has 0 aliphatic heterocycles. The Morgan fingerprint density at radius 3 is 2.19 bits per heavy atom. The molecule has 0 spiro atoms. The molecule has 0 atom stereocenters. The molecule has 3 nitrogen and oxygen atoms in total. The zero-order valence-corrected chi connectivity index (χ0v) is 12.4. The van der Waals surface area contributed by atoms with Crippen LogP contribution in [0.3, 0.4) is 0 Å². The molecule has 0 fully saturated rings. The first kappa shape index (κ1) is 13.4. The van der Waals surface area contributed by atoms with Crippen LogP contribution in [0.5, 0.6) is 0 Å². The second-order valence-corrected chi connectivity index (χ2v) is 5.15. The Bertz CT molecular complexity index is 715. The number of aryl methyl sites for hydroxylation is 1. The van der Waals surface area contributed by atoms with E-state index in [-0.39, 0.29) is 0 Å². The number of nitrogens with zero attached hydrogens (tertiary/aromatic N) is 2. The van der Waals surface area contributed by atoms with Crippen LogP contribution in [0.25, 0.3) is 5.69 Å². The summed E-state index contributed by atoms with van der Waals surface area (Å²) in [5, 5.41) is 8.16. The molecule has 0 saturated carbocycles. The Balaban J connectivity index is 1.91. The molecule has 3 aromatic rings. The number of benzene rings is 2. The quantitative estimate of drug-likeness (QED) is 0.778. The highest BCUT2D eigenvalue weighted by atomic mass is 15.3. The van der Waals surface area contributed by atoms with Crippen molar-refractivity contribution >= 4 is 5.82 Å². The molecule has 0 aliphatic carbocycles. The minimum Gasteiger partial charge on any atom is -0.366 e. The van der Waals surface area contributed by atoms with Gasteiger partial charge in [0.05, 0.1) is 11.4 Å². The van der Waals surface area contributed by atoms with Gasteiger partial charge in [-0.3, -0.25) is 0 Å². The lowest BCUT2D eigenvalue weighted by atomic mass is 10.2. The lowest BCUT2D eigenvalue weighted by Gasteiger charge is -2.11. The highest BCUT2D eigenvalue weighted by Gasteiger charge is 2.12. The summed E-state index contributed by atoms with van der Waals surface area (Å²) in [6, 6.07) is 20.6. The number of nitrogens with one attached hydrogen (secondary N) is 1. The average molecular weight is 277 g/mol. The molecular formula is C18H19N3. The van der Waals surface area contributed by atoms with Crippen LogP contribution in [0, 0.1) is 13.8 Å². The first-order valence-electron chi connectivity index (χ1n) is 7.15. The zero-order chi connectivity index (χ0) is 14.7. The first-order chi connectivity index (χ1) is 10.3. The lowest BCUT2D eigenvalue weighted by Crippen LogP contribution is -2.07. The molecule has 1 aromatic heterocycles. The van der Waals surface area contributed by atoms with Crippen molar-refractivity contribution in [1.29, 1.82) is 0 Å². The third-order valence-corrected chi connectivity index (χ3v) is 3.66. The molecule has 21 heavy (non-hydrogen) atoms. The minimum atomic E-state index is 0.791. The van der Waals surface area contributed by atoms with Crippen molar-refractivity contribution < 1.29 is 0 Å². The van der Waals surface area contributed by atoms with Crippen molar-refractivity contribution in [3.05, 3.63) is 77.5 Å². The van der Waals surface area contributed by atoms with E-state index in [9.17, 15) is 0 Å². The van der Waals surface area contributed by atoms with E-state index in [1.807, 2.05) is 35.9 Å². The van der Waals surface area contributed by atoms with Crippen LogP contribution in [-0.4, -0.2) is 9.78 Å². The van der Waals surface area contributed by atoms with Crippen LogP contribution in [0.2, 0.25) is 0 Å². The van der Waals surface area contributed by atoms with Gasteiger partial charge in [-0.2, -0.15) is 5.10 Å². The normalized spacial score (nSPS) is 10.6. The SMILES string of the molecule is Cc1nn(-c2ccccc2)c(NCc2ccccc2)c1C. The van der Waals surface area contributed by atoms with Gasteiger partial charge in [0.1, 0.15) is 5.82 Å². The van der Waals surface area contributed by atoms with Crippen molar-refractivity contribution in [2.24, 2.45) is 0 Å². The third kappa shape index (κ3) is 2.82. The van der Waals surface area contributed by atoms with Crippen molar-refractivity contribution in [3.8, 4) is 5.69 Å². The molecule has 0 unspecified atom stereocenters.